The number of thioether (sulfide) groups is 1. The molecule has 4 rings (SSSR count). The number of esters is 1. The number of methoxy groups -OCH3 is 2. The highest BCUT2D eigenvalue weighted by Crippen LogP contribution is 2.29. The summed E-state index contributed by atoms with van der Waals surface area (Å²) in [5.41, 5.74) is 2.62. The second-order valence-electron chi connectivity index (χ2n) is 7.11. The molecule has 0 unspecified atom stereocenters. The molecule has 0 saturated heterocycles. The molecule has 1 amide bonds. The number of para-hydroxylation sites is 1. The largest absolute Gasteiger partial charge is 0.497 e. The first-order valence-corrected chi connectivity index (χ1v) is 11.3. The van der Waals surface area contributed by atoms with Crippen LogP contribution >= 0.6 is 11.8 Å². The minimum absolute atomic E-state index is 0.107. The normalized spacial score (nSPS) is 10.5. The van der Waals surface area contributed by atoms with Crippen molar-refractivity contribution in [2.24, 2.45) is 0 Å². The van der Waals surface area contributed by atoms with Gasteiger partial charge in [-0.05, 0) is 54.6 Å². The van der Waals surface area contributed by atoms with Gasteiger partial charge in [-0.3, -0.25) is 9.36 Å². The molecule has 0 bridgehead atoms. The number of benzene rings is 3. The molecule has 4 aromatic rings. The smallest absolute Gasteiger partial charge is 0.337 e. The third-order valence-corrected chi connectivity index (χ3v) is 5.82. The Morgan fingerprint density at radius 1 is 0.941 bits per heavy atom. The van der Waals surface area contributed by atoms with Crippen molar-refractivity contribution in [1.29, 1.82) is 0 Å². The second-order valence-corrected chi connectivity index (χ2v) is 8.06. The number of rotatable bonds is 8. The number of carbonyl (C=O) groups is 2. The summed E-state index contributed by atoms with van der Waals surface area (Å²) in [7, 11) is 2.93. The third-order valence-electron chi connectivity index (χ3n) is 4.90. The molecule has 0 radical (unpaired) electrons. The maximum atomic E-state index is 12.6. The lowest BCUT2D eigenvalue weighted by atomic mass is 10.2. The van der Waals surface area contributed by atoms with Gasteiger partial charge in [0, 0.05) is 16.9 Å². The van der Waals surface area contributed by atoms with E-state index in [1.165, 1.54) is 18.9 Å². The van der Waals surface area contributed by atoms with Crippen molar-refractivity contribution < 1.29 is 19.1 Å². The molecule has 3 aromatic carbocycles. The first kappa shape index (κ1) is 23.1. The third kappa shape index (κ3) is 5.26. The van der Waals surface area contributed by atoms with Crippen molar-refractivity contribution in [3.05, 3.63) is 84.4 Å². The van der Waals surface area contributed by atoms with Crippen LogP contribution in [0.2, 0.25) is 0 Å². The van der Waals surface area contributed by atoms with Gasteiger partial charge in [0.15, 0.2) is 11.0 Å². The summed E-state index contributed by atoms with van der Waals surface area (Å²) < 4.78 is 11.9. The molecule has 1 heterocycles. The van der Waals surface area contributed by atoms with Crippen LogP contribution in [0.4, 0.5) is 5.69 Å². The minimum Gasteiger partial charge on any atom is -0.497 e. The Kier molecular flexibility index (Phi) is 7.24. The van der Waals surface area contributed by atoms with Gasteiger partial charge >= 0.3 is 5.97 Å². The Hall–Kier alpha value is -4.11. The van der Waals surface area contributed by atoms with Gasteiger partial charge in [-0.25, -0.2) is 4.79 Å². The fourth-order valence-corrected chi connectivity index (χ4v) is 4.02. The molecule has 172 valence electrons. The van der Waals surface area contributed by atoms with Gasteiger partial charge in [-0.15, -0.1) is 10.2 Å². The topological polar surface area (TPSA) is 95.3 Å². The summed E-state index contributed by atoms with van der Waals surface area (Å²) in [6, 6.07) is 23.9. The Labute approximate surface area is 200 Å². The second kappa shape index (κ2) is 10.7. The van der Waals surface area contributed by atoms with Crippen molar-refractivity contribution in [1.82, 2.24) is 14.8 Å². The molecule has 0 spiro atoms. The van der Waals surface area contributed by atoms with Gasteiger partial charge in [0.05, 0.1) is 25.5 Å². The highest BCUT2D eigenvalue weighted by atomic mass is 32.2. The van der Waals surface area contributed by atoms with Crippen LogP contribution in [-0.2, 0) is 9.53 Å². The standard InChI is InChI=1S/C25H22N4O4S/c1-32-21-13-11-17(12-14-21)23-27-28-25(29(23)20-9-4-3-5-10-20)34-16-22(30)26-19-8-6-7-18(15-19)24(31)33-2/h3-15H,16H2,1-2H3,(H,26,30). The molecule has 0 fully saturated rings. The van der Waals surface area contributed by atoms with Gasteiger partial charge < -0.3 is 14.8 Å². The van der Waals surface area contributed by atoms with Gasteiger partial charge in [0.25, 0.3) is 0 Å². The summed E-state index contributed by atoms with van der Waals surface area (Å²) in [6.07, 6.45) is 0. The van der Waals surface area contributed by atoms with Crippen LogP contribution in [0, 0.1) is 0 Å². The van der Waals surface area contributed by atoms with Crippen LogP contribution in [0.1, 0.15) is 10.4 Å². The minimum atomic E-state index is -0.465. The van der Waals surface area contributed by atoms with Crippen molar-refractivity contribution in [3.8, 4) is 22.8 Å². The van der Waals surface area contributed by atoms with Crippen molar-refractivity contribution in [2.45, 2.75) is 5.16 Å². The monoisotopic (exact) mass is 474 g/mol. The first-order chi connectivity index (χ1) is 16.6. The molecular weight excluding hydrogens is 452 g/mol. The molecule has 1 aromatic heterocycles. The maximum Gasteiger partial charge on any atom is 0.337 e. The van der Waals surface area contributed by atoms with Crippen LogP contribution in [0.15, 0.2) is 84.0 Å². The summed E-state index contributed by atoms with van der Waals surface area (Å²) in [6.45, 7) is 0. The summed E-state index contributed by atoms with van der Waals surface area (Å²) in [4.78, 5) is 24.3. The van der Waals surface area contributed by atoms with E-state index >= 15 is 0 Å². The molecule has 1 N–H and O–H groups in total. The highest BCUT2D eigenvalue weighted by Gasteiger charge is 2.17. The first-order valence-electron chi connectivity index (χ1n) is 10.4. The average molecular weight is 475 g/mol. The van der Waals surface area contributed by atoms with Gasteiger partial charge in [0.2, 0.25) is 5.91 Å². The Balaban J connectivity index is 1.54. The van der Waals surface area contributed by atoms with Crippen LogP contribution in [0.25, 0.3) is 17.1 Å². The Morgan fingerprint density at radius 3 is 2.41 bits per heavy atom. The quantitative estimate of drug-likeness (QED) is 0.298. The molecule has 9 heteroatoms. The predicted molar refractivity (Wildman–Crippen MR) is 130 cm³/mol. The lowest BCUT2D eigenvalue weighted by Gasteiger charge is -2.11. The van der Waals surface area contributed by atoms with E-state index in [-0.39, 0.29) is 11.7 Å². The Bertz CT molecular complexity index is 1290. The van der Waals surface area contributed by atoms with E-state index in [0.29, 0.717) is 22.2 Å². The zero-order chi connectivity index (χ0) is 23.9. The predicted octanol–water partition coefficient (Wildman–Crippen LogP) is 4.46. The zero-order valence-corrected chi connectivity index (χ0v) is 19.4. The van der Waals surface area contributed by atoms with E-state index in [1.54, 1.807) is 31.4 Å². The van der Waals surface area contributed by atoms with Crippen molar-refractivity contribution >= 4 is 29.3 Å². The fraction of sp³-hybridized carbons (Fsp3) is 0.120. The average Bonchev–Trinajstić information content (AvgIpc) is 3.31. The van der Waals surface area contributed by atoms with E-state index in [4.69, 9.17) is 9.47 Å². The number of ether oxygens (including phenoxy) is 2. The summed E-state index contributed by atoms with van der Waals surface area (Å²) in [5, 5.41) is 12.1. The van der Waals surface area contributed by atoms with E-state index in [2.05, 4.69) is 15.5 Å². The maximum absolute atomic E-state index is 12.6. The number of amides is 1. The molecule has 34 heavy (non-hydrogen) atoms. The van der Waals surface area contributed by atoms with E-state index < -0.39 is 5.97 Å². The van der Waals surface area contributed by atoms with Gasteiger partial charge in [-0.1, -0.05) is 36.0 Å². The SMILES string of the molecule is COC(=O)c1cccc(NC(=O)CSc2nnc(-c3ccc(OC)cc3)n2-c2ccccc2)c1. The van der Waals surface area contributed by atoms with Crippen LogP contribution in [-0.4, -0.2) is 46.6 Å². The molecule has 0 aliphatic carbocycles. The van der Waals surface area contributed by atoms with Crippen LogP contribution in [0.3, 0.4) is 0 Å². The van der Waals surface area contributed by atoms with E-state index in [9.17, 15) is 9.59 Å². The number of hydrogen-bond donors (Lipinski definition) is 1. The van der Waals surface area contributed by atoms with Crippen LogP contribution < -0.4 is 10.1 Å². The van der Waals surface area contributed by atoms with Gasteiger partial charge in [0.1, 0.15) is 5.75 Å². The zero-order valence-electron chi connectivity index (χ0n) is 18.6. The summed E-state index contributed by atoms with van der Waals surface area (Å²) in [5.74, 6) is 0.809. The highest BCUT2D eigenvalue weighted by molar-refractivity contribution is 7.99. The van der Waals surface area contributed by atoms with E-state index in [1.807, 2.05) is 59.2 Å². The number of nitrogens with zero attached hydrogens (tertiary/aromatic N) is 3. The molecule has 0 atom stereocenters. The number of aromatic nitrogens is 3. The molecule has 0 saturated carbocycles. The Morgan fingerprint density at radius 2 is 1.71 bits per heavy atom. The number of anilines is 1. The fourth-order valence-electron chi connectivity index (χ4n) is 3.27. The van der Waals surface area contributed by atoms with Crippen LogP contribution in [0.5, 0.6) is 5.75 Å². The molecule has 0 aliphatic heterocycles. The van der Waals surface area contributed by atoms with Crippen molar-refractivity contribution in [2.75, 3.05) is 25.3 Å². The van der Waals surface area contributed by atoms with E-state index in [0.717, 1.165) is 17.0 Å². The van der Waals surface area contributed by atoms with Gasteiger partial charge in [-0.2, -0.15) is 0 Å². The molecule has 0 aliphatic rings. The lowest BCUT2D eigenvalue weighted by Crippen LogP contribution is -2.15. The lowest BCUT2D eigenvalue weighted by molar-refractivity contribution is -0.113. The number of carbonyl (C=O) groups excluding carboxylic acids is 2. The molecular formula is C25H22N4O4S. The number of hydrogen-bond acceptors (Lipinski definition) is 7. The summed E-state index contributed by atoms with van der Waals surface area (Å²) >= 11 is 1.27. The van der Waals surface area contributed by atoms with Crippen molar-refractivity contribution in [3.63, 3.8) is 0 Å². The number of nitrogens with one attached hydrogen (secondary N) is 1. The molecule has 8 nitrogen and oxygen atoms in total.